The quantitative estimate of drug-likeness (QED) is 0.105. The van der Waals surface area contributed by atoms with E-state index < -0.39 is 17.9 Å². The third kappa shape index (κ3) is 7.95. The maximum atomic E-state index is 13.2. The molecule has 0 saturated heterocycles. The lowest BCUT2D eigenvalue weighted by Crippen LogP contribution is -2.21. The fraction of sp³-hybridized carbons (Fsp3) is 0.108. The van der Waals surface area contributed by atoms with Gasteiger partial charge < -0.3 is 34.8 Å². The molecule has 5 aromatic carbocycles. The highest BCUT2D eigenvalue weighted by atomic mass is 35.5. The Morgan fingerprint density at radius 1 is 0.653 bits per heavy atom. The van der Waals surface area contributed by atoms with E-state index in [1.165, 1.54) is 72.8 Å². The van der Waals surface area contributed by atoms with Crippen LogP contribution in [-0.2, 0) is 6.42 Å². The van der Waals surface area contributed by atoms with E-state index in [4.69, 9.17) is 25.8 Å². The largest absolute Gasteiger partial charge is 0.508 e. The smallest absolute Gasteiger partial charge is 0.343 e. The van der Waals surface area contributed by atoms with Gasteiger partial charge in [0.15, 0.2) is 11.5 Å². The van der Waals surface area contributed by atoms with Crippen LogP contribution in [0.2, 0.25) is 5.02 Å². The van der Waals surface area contributed by atoms with Crippen LogP contribution < -0.4 is 19.5 Å². The third-order valence-corrected chi connectivity index (χ3v) is 8.20. The Labute approximate surface area is 291 Å². The van der Waals surface area contributed by atoms with E-state index >= 15 is 0 Å². The first-order chi connectivity index (χ1) is 23.2. The van der Waals surface area contributed by atoms with Gasteiger partial charge in [0.2, 0.25) is 0 Å². The van der Waals surface area contributed by atoms with Crippen molar-refractivity contribution in [1.29, 1.82) is 0 Å². The zero-order valence-electron chi connectivity index (χ0n) is 25.6. The number of ether oxygens (including phenoxy) is 3. The van der Waals surface area contributed by atoms with Crippen molar-refractivity contribution in [1.82, 2.24) is 5.32 Å². The van der Waals surface area contributed by atoms with Gasteiger partial charge >= 0.3 is 17.9 Å². The summed E-state index contributed by atoms with van der Waals surface area (Å²) in [4.78, 5) is 39.0. The van der Waals surface area contributed by atoms with Crippen LogP contribution in [0.25, 0.3) is 0 Å². The second-order valence-corrected chi connectivity index (χ2v) is 11.3. The van der Waals surface area contributed by atoms with Crippen molar-refractivity contribution in [2.45, 2.75) is 12.3 Å². The minimum atomic E-state index is -0.778. The van der Waals surface area contributed by atoms with Crippen molar-refractivity contribution in [2.24, 2.45) is 0 Å². The van der Waals surface area contributed by atoms with Crippen molar-refractivity contribution in [2.75, 3.05) is 13.1 Å². The van der Waals surface area contributed by atoms with E-state index in [9.17, 15) is 29.7 Å². The summed E-state index contributed by atoms with van der Waals surface area (Å²) in [6.45, 7) is 1.05. The van der Waals surface area contributed by atoms with Gasteiger partial charge in [-0.05, 0) is 121 Å². The molecule has 49 heavy (non-hydrogen) atoms. The van der Waals surface area contributed by atoms with Crippen LogP contribution in [0, 0.1) is 0 Å². The molecule has 0 radical (unpaired) electrons. The predicted molar refractivity (Wildman–Crippen MR) is 183 cm³/mol. The molecule has 0 aromatic heterocycles. The van der Waals surface area contributed by atoms with Gasteiger partial charge in [-0.2, -0.15) is 0 Å². The van der Waals surface area contributed by atoms with Crippen LogP contribution in [0.1, 0.15) is 53.7 Å². The Morgan fingerprint density at radius 2 is 1.12 bits per heavy atom. The van der Waals surface area contributed by atoms with Gasteiger partial charge in [-0.3, -0.25) is 0 Å². The van der Waals surface area contributed by atoms with Crippen molar-refractivity contribution >= 4 is 41.9 Å². The van der Waals surface area contributed by atoms with E-state index in [2.05, 4.69) is 5.32 Å². The van der Waals surface area contributed by atoms with Crippen LogP contribution >= 0.6 is 24.0 Å². The van der Waals surface area contributed by atoms with Gasteiger partial charge in [-0.25, -0.2) is 14.4 Å². The number of hydrogen-bond acceptors (Lipinski definition) is 10. The van der Waals surface area contributed by atoms with Gasteiger partial charge in [0.25, 0.3) is 0 Å². The minimum absolute atomic E-state index is 0. The zero-order valence-corrected chi connectivity index (χ0v) is 27.2. The molecule has 6 rings (SSSR count). The third-order valence-electron chi connectivity index (χ3n) is 7.80. The van der Waals surface area contributed by atoms with E-state index in [1.807, 2.05) is 12.1 Å². The minimum Gasteiger partial charge on any atom is -0.508 e. The van der Waals surface area contributed by atoms with Crippen molar-refractivity contribution in [3.05, 3.63) is 142 Å². The first-order valence-electron chi connectivity index (χ1n) is 14.9. The monoisotopic (exact) mass is 701 g/mol. The zero-order chi connectivity index (χ0) is 33.8. The molecular formula is C37H29Cl2NO9. The summed E-state index contributed by atoms with van der Waals surface area (Å²) in [7, 11) is 0. The molecule has 1 aliphatic rings. The lowest BCUT2D eigenvalue weighted by molar-refractivity contribution is 0.0682. The van der Waals surface area contributed by atoms with Crippen LogP contribution in [0.3, 0.4) is 0 Å². The molecular weight excluding hydrogens is 673 g/mol. The highest BCUT2D eigenvalue weighted by Crippen LogP contribution is 2.45. The number of fused-ring (bicyclic) bond motifs is 1. The van der Waals surface area contributed by atoms with Crippen molar-refractivity contribution < 1.29 is 43.9 Å². The summed E-state index contributed by atoms with van der Waals surface area (Å²) >= 11 is 6.97. The maximum Gasteiger partial charge on any atom is 0.343 e. The van der Waals surface area contributed by atoms with Gasteiger partial charge in [-0.1, -0.05) is 23.7 Å². The standard InChI is InChI=1S/C37H28ClNO9.ClH/c38-33-29-17-18-39-20-31(21-7-15-28(16-8-21)46-35(43)22-1-9-25(40)10-2-22)30(29)19-32(47-36(44)23-3-11-26(41)12-4-23)34(33)48-37(45)24-5-13-27(42)14-6-24;/h1-16,19,31,39-42H,17-18,20H2;1H. The number of nitrogens with one attached hydrogen (secondary N) is 1. The van der Waals surface area contributed by atoms with Gasteiger partial charge in [0.05, 0.1) is 21.7 Å². The molecule has 1 heterocycles. The Kier molecular flexibility index (Phi) is 10.7. The number of halogens is 2. The summed E-state index contributed by atoms with van der Waals surface area (Å²) in [5, 5.41) is 32.3. The van der Waals surface area contributed by atoms with Crippen molar-refractivity contribution in [3.63, 3.8) is 0 Å². The Morgan fingerprint density at radius 3 is 1.63 bits per heavy atom. The predicted octanol–water partition coefficient (Wildman–Crippen LogP) is 6.81. The van der Waals surface area contributed by atoms with E-state index in [0.29, 0.717) is 30.8 Å². The lowest BCUT2D eigenvalue weighted by Gasteiger charge is -2.22. The van der Waals surface area contributed by atoms with E-state index in [-0.39, 0.29) is 68.8 Å². The summed E-state index contributed by atoms with van der Waals surface area (Å²) in [6, 6.07) is 25.3. The summed E-state index contributed by atoms with van der Waals surface area (Å²) in [5.74, 6) is -2.35. The highest BCUT2D eigenvalue weighted by Gasteiger charge is 2.29. The topological polar surface area (TPSA) is 152 Å². The number of carbonyl (C=O) groups is 3. The molecule has 10 nitrogen and oxygen atoms in total. The molecule has 1 unspecified atom stereocenters. The average Bonchev–Trinajstić information content (AvgIpc) is 3.30. The lowest BCUT2D eigenvalue weighted by atomic mass is 9.87. The molecule has 0 bridgehead atoms. The molecule has 1 aliphatic heterocycles. The number of carbonyl (C=O) groups excluding carboxylic acids is 3. The molecule has 250 valence electrons. The molecule has 0 fully saturated rings. The van der Waals surface area contributed by atoms with E-state index in [0.717, 1.165) is 11.1 Å². The fourth-order valence-electron chi connectivity index (χ4n) is 5.31. The normalized spacial score (nSPS) is 13.6. The summed E-state index contributed by atoms with van der Waals surface area (Å²) < 4.78 is 17.1. The molecule has 0 saturated carbocycles. The SMILES string of the molecule is Cl.O=C(Oc1ccc(C2CNCCc3c2cc(OC(=O)c2ccc(O)cc2)c(OC(=O)c2ccc(O)cc2)c3Cl)cc1)c1ccc(O)cc1. The number of hydrogen-bond donors (Lipinski definition) is 4. The van der Waals surface area contributed by atoms with Crippen LogP contribution in [0.15, 0.2) is 103 Å². The molecule has 12 heteroatoms. The summed E-state index contributed by atoms with van der Waals surface area (Å²) in [5.41, 5.74) is 2.83. The number of phenolic OH excluding ortho intramolecular Hbond substituents is 3. The average molecular weight is 703 g/mol. The van der Waals surface area contributed by atoms with Gasteiger partial charge in [-0.15, -0.1) is 12.4 Å². The molecule has 4 N–H and O–H groups in total. The molecule has 0 aliphatic carbocycles. The number of phenols is 3. The number of rotatable bonds is 7. The molecule has 0 amide bonds. The van der Waals surface area contributed by atoms with Crippen LogP contribution in [-0.4, -0.2) is 46.3 Å². The molecule has 0 spiro atoms. The van der Waals surface area contributed by atoms with E-state index in [1.54, 1.807) is 18.2 Å². The van der Waals surface area contributed by atoms with Gasteiger partial charge in [0, 0.05) is 12.5 Å². The van der Waals surface area contributed by atoms with Crippen molar-refractivity contribution in [3.8, 4) is 34.5 Å². The van der Waals surface area contributed by atoms with Gasteiger partial charge in [0.1, 0.15) is 23.0 Å². The first kappa shape index (κ1) is 34.8. The Balaban J connectivity index is 0.00000468. The maximum absolute atomic E-state index is 13.2. The Hall–Kier alpha value is -5.55. The highest BCUT2D eigenvalue weighted by molar-refractivity contribution is 6.33. The second-order valence-electron chi connectivity index (χ2n) is 11.0. The Bertz CT molecular complexity index is 1980. The first-order valence-corrected chi connectivity index (χ1v) is 15.2. The number of benzene rings is 5. The molecule has 5 aromatic rings. The number of aromatic hydroxyl groups is 3. The second kappa shape index (κ2) is 15.1. The van der Waals surface area contributed by atoms with Crippen LogP contribution in [0.5, 0.6) is 34.5 Å². The number of esters is 3. The fourth-order valence-corrected chi connectivity index (χ4v) is 5.64. The van der Waals surface area contributed by atoms with Crippen LogP contribution in [0.4, 0.5) is 0 Å². The molecule has 1 atom stereocenters. The summed E-state index contributed by atoms with van der Waals surface area (Å²) in [6.07, 6.45) is 0.475.